The Morgan fingerprint density at radius 3 is 2.70 bits per heavy atom. The molecule has 0 aliphatic rings. The van der Waals surface area contributed by atoms with Gasteiger partial charge in [0.25, 0.3) is 5.91 Å². The van der Waals surface area contributed by atoms with Crippen LogP contribution in [-0.4, -0.2) is 11.8 Å². The van der Waals surface area contributed by atoms with Crippen molar-refractivity contribution in [2.45, 2.75) is 26.8 Å². The van der Waals surface area contributed by atoms with Gasteiger partial charge in [0.15, 0.2) is 10.4 Å². The molecule has 0 radical (unpaired) electrons. The van der Waals surface area contributed by atoms with Gasteiger partial charge in [0.05, 0.1) is 0 Å². The van der Waals surface area contributed by atoms with Crippen molar-refractivity contribution in [2.75, 3.05) is 5.32 Å². The molecule has 0 saturated carbocycles. The predicted octanol–water partition coefficient (Wildman–Crippen LogP) is 3.96. The van der Waals surface area contributed by atoms with E-state index in [4.69, 9.17) is 4.42 Å². The molecule has 0 unspecified atom stereocenters. The zero-order chi connectivity index (χ0) is 16.8. The van der Waals surface area contributed by atoms with Crippen molar-refractivity contribution in [3.05, 3.63) is 52.4 Å². The maximum absolute atomic E-state index is 11.9. The van der Waals surface area contributed by atoms with Crippen LogP contribution in [0.2, 0.25) is 0 Å². The van der Waals surface area contributed by atoms with Gasteiger partial charge >= 0.3 is 0 Å². The van der Waals surface area contributed by atoms with Crippen LogP contribution in [-0.2, 0) is 11.3 Å². The molecule has 0 aliphatic heterocycles. The molecule has 2 rings (SSSR count). The Kier molecular flexibility index (Phi) is 5.98. The highest BCUT2D eigenvalue weighted by atomic mass is 79.9. The molecule has 6 heteroatoms. The Labute approximate surface area is 143 Å². The van der Waals surface area contributed by atoms with Crippen LogP contribution >= 0.6 is 15.9 Å². The van der Waals surface area contributed by atoms with E-state index in [9.17, 15) is 9.59 Å². The summed E-state index contributed by atoms with van der Waals surface area (Å²) in [6.07, 6.45) is 0.792. The van der Waals surface area contributed by atoms with E-state index in [-0.39, 0.29) is 23.5 Å². The van der Waals surface area contributed by atoms with Crippen molar-refractivity contribution in [3.8, 4) is 0 Å². The molecule has 0 spiro atoms. The molecule has 0 saturated heterocycles. The molecule has 2 aromatic rings. The van der Waals surface area contributed by atoms with Crippen LogP contribution < -0.4 is 10.6 Å². The first-order chi connectivity index (χ1) is 11.0. The van der Waals surface area contributed by atoms with E-state index >= 15 is 0 Å². The highest BCUT2D eigenvalue weighted by Crippen LogP contribution is 2.15. The fraction of sp³-hybridized carbons (Fsp3) is 0.294. The molecule has 0 bridgehead atoms. The van der Waals surface area contributed by atoms with Gasteiger partial charge in [-0.2, -0.15) is 0 Å². The quantitative estimate of drug-likeness (QED) is 0.798. The fourth-order valence-electron chi connectivity index (χ4n) is 1.92. The molecule has 23 heavy (non-hydrogen) atoms. The third kappa shape index (κ3) is 4.96. The maximum atomic E-state index is 11.9. The zero-order valence-corrected chi connectivity index (χ0v) is 14.6. The first-order valence-corrected chi connectivity index (χ1v) is 8.22. The van der Waals surface area contributed by atoms with Crippen LogP contribution in [0, 0.1) is 5.92 Å². The molecule has 1 heterocycles. The number of furan rings is 1. The number of hydrogen-bond donors (Lipinski definition) is 2. The van der Waals surface area contributed by atoms with Crippen LogP contribution in [0.3, 0.4) is 0 Å². The molecule has 0 fully saturated rings. The number of hydrogen-bond acceptors (Lipinski definition) is 3. The Morgan fingerprint density at radius 2 is 2.04 bits per heavy atom. The van der Waals surface area contributed by atoms with Crippen LogP contribution in [0.1, 0.15) is 36.4 Å². The minimum absolute atomic E-state index is 0.00544. The number of carbonyl (C=O) groups is 2. The summed E-state index contributed by atoms with van der Waals surface area (Å²) in [5.41, 5.74) is 1.62. The zero-order valence-electron chi connectivity index (χ0n) is 13.1. The summed E-state index contributed by atoms with van der Waals surface area (Å²) < 4.78 is 5.71. The predicted molar refractivity (Wildman–Crippen MR) is 92.1 cm³/mol. The SMILES string of the molecule is CC[C@@H](C)C(=O)Nc1cccc(CNC(=O)c2ccc(Br)o2)c1. The van der Waals surface area contributed by atoms with Gasteiger partial charge in [0.1, 0.15) is 0 Å². The van der Waals surface area contributed by atoms with Crippen molar-refractivity contribution in [1.29, 1.82) is 0 Å². The van der Waals surface area contributed by atoms with Crippen LogP contribution in [0.4, 0.5) is 5.69 Å². The fourth-order valence-corrected chi connectivity index (χ4v) is 2.22. The molecule has 1 aromatic carbocycles. The van der Waals surface area contributed by atoms with E-state index in [1.54, 1.807) is 12.1 Å². The van der Waals surface area contributed by atoms with Crippen LogP contribution in [0.15, 0.2) is 45.5 Å². The van der Waals surface area contributed by atoms with Crippen molar-refractivity contribution < 1.29 is 14.0 Å². The Balaban J connectivity index is 1.94. The highest BCUT2D eigenvalue weighted by molar-refractivity contribution is 9.10. The molecular weight excluding hydrogens is 360 g/mol. The van der Waals surface area contributed by atoms with E-state index in [0.29, 0.717) is 11.2 Å². The molecule has 122 valence electrons. The van der Waals surface area contributed by atoms with Crippen molar-refractivity contribution in [3.63, 3.8) is 0 Å². The van der Waals surface area contributed by atoms with Gasteiger partial charge in [-0.1, -0.05) is 26.0 Å². The summed E-state index contributed by atoms with van der Waals surface area (Å²) >= 11 is 3.16. The number of carbonyl (C=O) groups excluding carboxylic acids is 2. The summed E-state index contributed by atoms with van der Waals surface area (Å²) in [5.74, 6) is -0.0762. The molecular formula is C17H19BrN2O3. The van der Waals surface area contributed by atoms with E-state index < -0.39 is 0 Å². The van der Waals surface area contributed by atoms with Gasteiger partial charge in [-0.15, -0.1) is 0 Å². The topological polar surface area (TPSA) is 71.3 Å². The van der Waals surface area contributed by atoms with E-state index in [2.05, 4.69) is 26.6 Å². The lowest BCUT2D eigenvalue weighted by Crippen LogP contribution is -2.22. The average molecular weight is 379 g/mol. The van der Waals surface area contributed by atoms with Gasteiger partial charge in [0.2, 0.25) is 5.91 Å². The average Bonchev–Trinajstić information content (AvgIpc) is 2.98. The molecule has 5 nitrogen and oxygen atoms in total. The Morgan fingerprint density at radius 1 is 1.26 bits per heavy atom. The minimum atomic E-state index is -0.287. The minimum Gasteiger partial charge on any atom is -0.444 e. The Bertz CT molecular complexity index is 697. The standard InChI is InChI=1S/C17H19BrN2O3/c1-3-11(2)16(21)20-13-6-4-5-12(9-13)10-19-17(22)14-7-8-15(18)23-14/h4-9,11H,3,10H2,1-2H3,(H,19,22)(H,20,21)/t11-/m1/s1. The lowest BCUT2D eigenvalue weighted by molar-refractivity contribution is -0.119. The van der Waals surface area contributed by atoms with E-state index in [0.717, 1.165) is 17.7 Å². The summed E-state index contributed by atoms with van der Waals surface area (Å²) in [6, 6.07) is 10.7. The summed E-state index contributed by atoms with van der Waals surface area (Å²) in [5, 5.41) is 5.66. The molecule has 2 amide bonds. The van der Waals surface area contributed by atoms with Crippen molar-refractivity contribution >= 4 is 33.4 Å². The van der Waals surface area contributed by atoms with Crippen molar-refractivity contribution in [1.82, 2.24) is 5.32 Å². The van der Waals surface area contributed by atoms with Gasteiger partial charge in [-0.3, -0.25) is 9.59 Å². The normalized spacial score (nSPS) is 11.8. The van der Waals surface area contributed by atoms with Crippen molar-refractivity contribution in [2.24, 2.45) is 5.92 Å². The number of anilines is 1. The van der Waals surface area contributed by atoms with Gasteiger partial charge in [-0.25, -0.2) is 0 Å². The first-order valence-electron chi connectivity index (χ1n) is 7.43. The van der Waals surface area contributed by atoms with Gasteiger partial charge < -0.3 is 15.1 Å². The number of amides is 2. The number of benzene rings is 1. The second-order valence-corrected chi connectivity index (χ2v) is 6.07. The Hall–Kier alpha value is -2.08. The molecule has 1 aromatic heterocycles. The van der Waals surface area contributed by atoms with Crippen LogP contribution in [0.25, 0.3) is 0 Å². The summed E-state index contributed by atoms with van der Waals surface area (Å²) in [7, 11) is 0. The van der Waals surface area contributed by atoms with E-state index in [1.165, 1.54) is 0 Å². The lowest BCUT2D eigenvalue weighted by Gasteiger charge is -2.11. The monoisotopic (exact) mass is 378 g/mol. The first kappa shape index (κ1) is 17.3. The smallest absolute Gasteiger partial charge is 0.287 e. The molecule has 1 atom stereocenters. The van der Waals surface area contributed by atoms with Gasteiger partial charge in [0, 0.05) is 18.2 Å². The van der Waals surface area contributed by atoms with E-state index in [1.807, 2.05) is 38.1 Å². The van der Waals surface area contributed by atoms with Crippen LogP contribution in [0.5, 0.6) is 0 Å². The molecule has 2 N–H and O–H groups in total. The third-order valence-corrected chi connectivity index (χ3v) is 3.93. The van der Waals surface area contributed by atoms with Gasteiger partial charge in [-0.05, 0) is 52.2 Å². The number of nitrogens with one attached hydrogen (secondary N) is 2. The number of halogens is 1. The number of rotatable bonds is 6. The second kappa shape index (κ2) is 7.97. The molecule has 0 aliphatic carbocycles. The second-order valence-electron chi connectivity index (χ2n) is 5.29. The summed E-state index contributed by atoms with van der Waals surface area (Å²) in [4.78, 5) is 23.8. The third-order valence-electron chi connectivity index (χ3n) is 3.50. The highest BCUT2D eigenvalue weighted by Gasteiger charge is 2.12. The summed E-state index contributed by atoms with van der Waals surface area (Å²) in [6.45, 7) is 4.22. The largest absolute Gasteiger partial charge is 0.444 e. The maximum Gasteiger partial charge on any atom is 0.287 e. The lowest BCUT2D eigenvalue weighted by atomic mass is 10.1.